The number of piperidine rings is 1. The molecule has 2 heterocycles. The fourth-order valence-corrected chi connectivity index (χ4v) is 4.39. The van der Waals surface area contributed by atoms with Crippen molar-refractivity contribution in [3.63, 3.8) is 0 Å². The van der Waals surface area contributed by atoms with Crippen LogP contribution in [0.1, 0.15) is 46.3 Å². The number of rotatable bonds is 3. The minimum atomic E-state index is 0.0552. The second-order valence-electron chi connectivity index (χ2n) is 6.29. The topological polar surface area (TPSA) is 40.5 Å². The minimum Gasteiger partial charge on any atom is -0.391 e. The number of hydrogen-bond donors (Lipinski definition) is 1. The molecular formula is C16H23NO2S. The Kier molecular flexibility index (Phi) is 4.24. The van der Waals surface area contributed by atoms with Crippen LogP contribution in [0, 0.1) is 11.8 Å². The molecule has 0 saturated carbocycles. The van der Waals surface area contributed by atoms with Crippen LogP contribution in [0.3, 0.4) is 0 Å². The van der Waals surface area contributed by atoms with Crippen LogP contribution in [0.5, 0.6) is 0 Å². The molecule has 1 N–H and O–H groups in total. The molecule has 1 aliphatic carbocycles. The molecule has 1 aromatic rings. The van der Waals surface area contributed by atoms with Gasteiger partial charge < -0.3 is 10.0 Å². The average molecular weight is 293 g/mol. The lowest BCUT2D eigenvalue weighted by atomic mass is 9.86. The summed E-state index contributed by atoms with van der Waals surface area (Å²) in [5.74, 6) is 1.31. The number of aliphatic hydroxyl groups excluding tert-OH is 1. The zero-order chi connectivity index (χ0) is 14.1. The van der Waals surface area contributed by atoms with E-state index in [4.69, 9.17) is 0 Å². The summed E-state index contributed by atoms with van der Waals surface area (Å²) in [6, 6.07) is 1.91. The number of carbonyl (C=O) groups is 1. The first-order chi connectivity index (χ1) is 9.67. The maximum Gasteiger partial charge on any atom is 0.168 e. The molecule has 1 fully saturated rings. The van der Waals surface area contributed by atoms with Crippen molar-refractivity contribution in [2.45, 2.75) is 39.2 Å². The van der Waals surface area contributed by atoms with Crippen molar-refractivity contribution in [2.75, 3.05) is 19.6 Å². The van der Waals surface area contributed by atoms with Crippen molar-refractivity contribution in [3.05, 3.63) is 21.4 Å². The summed E-state index contributed by atoms with van der Waals surface area (Å²) in [7, 11) is 0. The molecule has 0 radical (unpaired) electrons. The van der Waals surface area contributed by atoms with E-state index in [1.807, 2.05) is 6.07 Å². The molecule has 20 heavy (non-hydrogen) atoms. The molecule has 1 saturated heterocycles. The Balaban J connectivity index is 1.66. The van der Waals surface area contributed by atoms with Gasteiger partial charge in [-0.2, -0.15) is 0 Å². The average Bonchev–Trinajstić information content (AvgIpc) is 2.88. The fraction of sp³-hybridized carbons (Fsp3) is 0.688. The van der Waals surface area contributed by atoms with Crippen LogP contribution in [0.4, 0.5) is 0 Å². The van der Waals surface area contributed by atoms with Gasteiger partial charge in [-0.3, -0.25) is 4.79 Å². The quantitative estimate of drug-likeness (QED) is 0.931. The Hall–Kier alpha value is -0.710. The van der Waals surface area contributed by atoms with E-state index in [1.54, 1.807) is 11.3 Å². The predicted octanol–water partition coefficient (Wildman–Crippen LogP) is 2.72. The van der Waals surface area contributed by atoms with Crippen molar-refractivity contribution in [3.8, 4) is 0 Å². The van der Waals surface area contributed by atoms with Gasteiger partial charge in [0.2, 0.25) is 0 Å². The van der Waals surface area contributed by atoms with Crippen molar-refractivity contribution >= 4 is 17.1 Å². The maximum absolute atomic E-state index is 12.6. The minimum absolute atomic E-state index is 0.0552. The third kappa shape index (κ3) is 2.83. The van der Waals surface area contributed by atoms with Crippen LogP contribution in [0.25, 0.3) is 0 Å². The van der Waals surface area contributed by atoms with Gasteiger partial charge in [-0.15, -0.1) is 11.3 Å². The van der Waals surface area contributed by atoms with Crippen LogP contribution in [-0.4, -0.2) is 35.4 Å². The molecule has 0 spiro atoms. The second kappa shape index (κ2) is 5.96. The van der Waals surface area contributed by atoms with Gasteiger partial charge in [-0.25, -0.2) is 0 Å². The monoisotopic (exact) mass is 293 g/mol. The molecule has 3 nitrogen and oxygen atoms in total. The highest BCUT2D eigenvalue weighted by atomic mass is 32.1. The third-order valence-electron chi connectivity index (χ3n) is 4.73. The summed E-state index contributed by atoms with van der Waals surface area (Å²) in [4.78, 5) is 17.2. The number of aryl methyl sites for hydroxylation is 1. The van der Waals surface area contributed by atoms with Gasteiger partial charge >= 0.3 is 0 Å². The van der Waals surface area contributed by atoms with Gasteiger partial charge in [-0.05, 0) is 50.8 Å². The molecule has 1 atom stereocenters. The van der Waals surface area contributed by atoms with Crippen molar-refractivity contribution in [1.82, 2.24) is 4.90 Å². The Labute approximate surface area is 124 Å². The fourth-order valence-electron chi connectivity index (χ4n) is 3.34. The van der Waals surface area contributed by atoms with Crippen LogP contribution in [0.2, 0.25) is 0 Å². The first-order valence-corrected chi connectivity index (χ1v) is 8.48. The zero-order valence-electron chi connectivity index (χ0n) is 12.1. The Morgan fingerprint density at radius 2 is 2.10 bits per heavy atom. The highest BCUT2D eigenvalue weighted by Crippen LogP contribution is 2.33. The van der Waals surface area contributed by atoms with Crippen molar-refractivity contribution in [1.29, 1.82) is 0 Å². The molecule has 110 valence electrons. The van der Waals surface area contributed by atoms with Gasteiger partial charge in [0, 0.05) is 27.8 Å². The standard InChI is InChI=1S/C16H23NO2S/c1-11-4-6-17(7-5-11)9-12-2-3-15-14(16(12)19)8-13(10-18)20-15/h8,11-12,18H,2-7,9-10H2,1H3. The summed E-state index contributed by atoms with van der Waals surface area (Å²) in [6.07, 6.45) is 4.50. The summed E-state index contributed by atoms with van der Waals surface area (Å²) in [5, 5.41) is 9.22. The summed E-state index contributed by atoms with van der Waals surface area (Å²) < 4.78 is 0. The zero-order valence-corrected chi connectivity index (χ0v) is 12.9. The molecule has 1 aromatic heterocycles. The summed E-state index contributed by atoms with van der Waals surface area (Å²) in [6.45, 7) is 5.58. The molecule has 4 heteroatoms. The highest BCUT2D eigenvalue weighted by Gasteiger charge is 2.31. The number of carbonyl (C=O) groups excluding carboxylic acids is 1. The molecule has 0 amide bonds. The van der Waals surface area contributed by atoms with Gasteiger partial charge in [0.25, 0.3) is 0 Å². The number of ketones is 1. The molecule has 0 aromatic carbocycles. The third-order valence-corrected chi connectivity index (χ3v) is 5.91. The lowest BCUT2D eigenvalue weighted by molar-refractivity contribution is 0.0834. The van der Waals surface area contributed by atoms with E-state index in [-0.39, 0.29) is 12.5 Å². The van der Waals surface area contributed by atoms with Gasteiger partial charge in [0.1, 0.15) is 0 Å². The smallest absolute Gasteiger partial charge is 0.168 e. The van der Waals surface area contributed by atoms with E-state index in [0.717, 1.165) is 48.8 Å². The lowest BCUT2D eigenvalue weighted by Crippen LogP contribution is -2.39. The van der Waals surface area contributed by atoms with Crippen molar-refractivity contribution < 1.29 is 9.90 Å². The SMILES string of the molecule is CC1CCN(CC2CCc3sc(CO)cc3C2=O)CC1. The number of thiophene rings is 1. The predicted molar refractivity (Wildman–Crippen MR) is 81.2 cm³/mol. The Morgan fingerprint density at radius 3 is 2.80 bits per heavy atom. The van der Waals surface area contributed by atoms with E-state index in [2.05, 4.69) is 11.8 Å². The number of aliphatic hydroxyl groups is 1. The molecule has 1 unspecified atom stereocenters. The first-order valence-electron chi connectivity index (χ1n) is 7.66. The summed E-state index contributed by atoms with van der Waals surface area (Å²) >= 11 is 1.60. The largest absolute Gasteiger partial charge is 0.391 e. The number of hydrogen-bond acceptors (Lipinski definition) is 4. The normalized spacial score (nSPS) is 24.9. The number of Topliss-reactive ketones (excluding diaryl/α,β-unsaturated/α-hetero) is 1. The van der Waals surface area contributed by atoms with E-state index < -0.39 is 0 Å². The molecule has 0 bridgehead atoms. The summed E-state index contributed by atoms with van der Waals surface area (Å²) in [5.41, 5.74) is 0.890. The van der Waals surface area contributed by atoms with Crippen LogP contribution in [0.15, 0.2) is 6.07 Å². The molecule has 3 rings (SSSR count). The number of nitrogens with zero attached hydrogens (tertiary/aromatic N) is 1. The number of fused-ring (bicyclic) bond motifs is 1. The van der Waals surface area contributed by atoms with Crippen LogP contribution >= 0.6 is 11.3 Å². The lowest BCUT2D eigenvalue weighted by Gasteiger charge is -2.33. The second-order valence-corrected chi connectivity index (χ2v) is 7.51. The number of likely N-dealkylation sites (tertiary alicyclic amines) is 1. The van der Waals surface area contributed by atoms with E-state index in [0.29, 0.717) is 5.78 Å². The van der Waals surface area contributed by atoms with Crippen molar-refractivity contribution in [2.24, 2.45) is 11.8 Å². The Bertz CT molecular complexity index is 489. The van der Waals surface area contributed by atoms with Gasteiger partial charge in [0.05, 0.1) is 6.61 Å². The van der Waals surface area contributed by atoms with Crippen LogP contribution in [-0.2, 0) is 13.0 Å². The highest BCUT2D eigenvalue weighted by molar-refractivity contribution is 7.12. The maximum atomic E-state index is 12.6. The van der Waals surface area contributed by atoms with Gasteiger partial charge in [-0.1, -0.05) is 6.92 Å². The van der Waals surface area contributed by atoms with Gasteiger partial charge in [0.15, 0.2) is 5.78 Å². The Morgan fingerprint density at radius 1 is 1.35 bits per heavy atom. The molecular weight excluding hydrogens is 270 g/mol. The molecule has 2 aliphatic rings. The van der Waals surface area contributed by atoms with Crippen LogP contribution < -0.4 is 0 Å². The van der Waals surface area contributed by atoms with E-state index in [1.165, 1.54) is 17.7 Å². The van der Waals surface area contributed by atoms with E-state index >= 15 is 0 Å². The first kappa shape index (κ1) is 14.2. The van der Waals surface area contributed by atoms with E-state index in [9.17, 15) is 9.90 Å². The molecule has 1 aliphatic heterocycles.